The van der Waals surface area contributed by atoms with Crippen molar-refractivity contribution in [1.29, 1.82) is 0 Å². The Morgan fingerprint density at radius 2 is 1.90 bits per heavy atom. The maximum absolute atomic E-state index is 5.80. The zero-order chi connectivity index (χ0) is 14.3. The number of aromatic nitrogens is 2. The molecule has 20 heavy (non-hydrogen) atoms. The van der Waals surface area contributed by atoms with E-state index in [-0.39, 0.29) is 5.41 Å². The van der Waals surface area contributed by atoms with Gasteiger partial charge in [0.15, 0.2) is 0 Å². The number of hydrogen-bond donors (Lipinski definition) is 4. The maximum atomic E-state index is 5.80. The third kappa shape index (κ3) is 2.95. The van der Waals surface area contributed by atoms with Crippen molar-refractivity contribution >= 4 is 17.6 Å². The molecule has 0 radical (unpaired) electrons. The third-order valence-corrected chi connectivity index (χ3v) is 3.95. The highest BCUT2D eigenvalue weighted by Crippen LogP contribution is 2.43. The molecule has 0 spiro atoms. The SMILES string of the molecule is CC(C)(C)CNc1cc(NC2[C@H]3CNC[C@@H]23)nc(N)n1. The maximum Gasteiger partial charge on any atom is 0.223 e. The average molecular weight is 276 g/mol. The minimum absolute atomic E-state index is 0.201. The topological polar surface area (TPSA) is 87.9 Å². The first kappa shape index (κ1) is 13.4. The molecule has 6 nitrogen and oxygen atoms in total. The Kier molecular flexibility index (Phi) is 3.20. The molecule has 0 amide bonds. The largest absolute Gasteiger partial charge is 0.369 e. The van der Waals surface area contributed by atoms with Crippen LogP contribution in [0.25, 0.3) is 0 Å². The zero-order valence-electron chi connectivity index (χ0n) is 12.4. The molecule has 1 aliphatic carbocycles. The Bertz CT molecular complexity index is 485. The van der Waals surface area contributed by atoms with Gasteiger partial charge in [-0.25, -0.2) is 0 Å². The molecule has 1 aliphatic heterocycles. The highest BCUT2D eigenvalue weighted by atomic mass is 15.2. The van der Waals surface area contributed by atoms with Gasteiger partial charge in [-0.05, 0) is 17.3 Å². The Morgan fingerprint density at radius 1 is 1.25 bits per heavy atom. The van der Waals surface area contributed by atoms with Crippen LogP contribution in [0.2, 0.25) is 0 Å². The fraction of sp³-hybridized carbons (Fsp3) is 0.714. The third-order valence-electron chi connectivity index (χ3n) is 3.95. The standard InChI is InChI=1S/C14H24N6/c1-14(2,3)7-17-10-4-11(20-13(15)19-10)18-12-8-5-16-6-9(8)12/h4,8-9,12,16H,5-7H2,1-3H3,(H4,15,17,18,19,20)/t8-,9+,12?. The molecular weight excluding hydrogens is 252 g/mol. The smallest absolute Gasteiger partial charge is 0.223 e. The predicted molar refractivity (Wildman–Crippen MR) is 81.6 cm³/mol. The molecule has 1 aromatic heterocycles. The Morgan fingerprint density at radius 3 is 2.55 bits per heavy atom. The molecule has 2 fully saturated rings. The van der Waals surface area contributed by atoms with E-state index in [1.807, 2.05) is 6.07 Å². The lowest BCUT2D eigenvalue weighted by Gasteiger charge is -2.19. The first-order chi connectivity index (χ1) is 9.42. The fourth-order valence-corrected chi connectivity index (χ4v) is 2.79. The molecule has 5 N–H and O–H groups in total. The van der Waals surface area contributed by atoms with E-state index in [9.17, 15) is 0 Å². The minimum atomic E-state index is 0.201. The normalized spacial score (nSPS) is 28.1. The highest BCUT2D eigenvalue weighted by molar-refractivity contribution is 5.52. The van der Waals surface area contributed by atoms with Crippen molar-refractivity contribution in [2.75, 3.05) is 36.0 Å². The van der Waals surface area contributed by atoms with E-state index in [2.05, 4.69) is 46.7 Å². The van der Waals surface area contributed by atoms with Crippen LogP contribution in [-0.4, -0.2) is 35.6 Å². The van der Waals surface area contributed by atoms with Gasteiger partial charge in [0.25, 0.3) is 0 Å². The number of hydrogen-bond acceptors (Lipinski definition) is 6. The Balaban J connectivity index is 1.64. The van der Waals surface area contributed by atoms with Crippen LogP contribution in [0.4, 0.5) is 17.6 Å². The van der Waals surface area contributed by atoms with Crippen molar-refractivity contribution in [3.05, 3.63) is 6.07 Å². The summed E-state index contributed by atoms with van der Waals surface area (Å²) in [6, 6.07) is 2.49. The van der Waals surface area contributed by atoms with Crippen molar-refractivity contribution in [3.63, 3.8) is 0 Å². The van der Waals surface area contributed by atoms with Gasteiger partial charge in [0.1, 0.15) is 11.6 Å². The number of rotatable bonds is 4. The van der Waals surface area contributed by atoms with Gasteiger partial charge in [0.2, 0.25) is 5.95 Å². The molecule has 1 saturated carbocycles. The number of anilines is 3. The molecule has 110 valence electrons. The molecule has 3 rings (SSSR count). The lowest BCUT2D eigenvalue weighted by atomic mass is 9.97. The van der Waals surface area contributed by atoms with E-state index >= 15 is 0 Å². The van der Waals surface area contributed by atoms with E-state index < -0.39 is 0 Å². The number of piperidine rings is 1. The predicted octanol–water partition coefficient (Wildman–Crippen LogP) is 1.15. The van der Waals surface area contributed by atoms with Gasteiger partial charge in [-0.15, -0.1) is 0 Å². The summed E-state index contributed by atoms with van der Waals surface area (Å²) in [4.78, 5) is 8.52. The monoisotopic (exact) mass is 276 g/mol. The summed E-state index contributed by atoms with van der Waals surface area (Å²) in [5.41, 5.74) is 6.00. The van der Waals surface area contributed by atoms with Crippen LogP contribution in [0.5, 0.6) is 0 Å². The van der Waals surface area contributed by atoms with Crippen LogP contribution < -0.4 is 21.7 Å². The molecule has 0 bridgehead atoms. The number of nitrogens with two attached hydrogens (primary N) is 1. The average Bonchev–Trinajstić information content (AvgIpc) is 2.80. The second-order valence-corrected chi connectivity index (χ2v) is 7.07. The summed E-state index contributed by atoms with van der Waals surface area (Å²) < 4.78 is 0. The second-order valence-electron chi connectivity index (χ2n) is 7.07. The van der Waals surface area contributed by atoms with E-state index in [0.717, 1.165) is 43.1 Å². The lowest BCUT2D eigenvalue weighted by molar-refractivity contribution is 0.442. The van der Waals surface area contributed by atoms with Gasteiger partial charge >= 0.3 is 0 Å². The fourth-order valence-electron chi connectivity index (χ4n) is 2.79. The van der Waals surface area contributed by atoms with E-state index in [1.165, 1.54) is 0 Å². The number of fused-ring (bicyclic) bond motifs is 1. The Hall–Kier alpha value is -1.56. The molecule has 1 aromatic rings. The van der Waals surface area contributed by atoms with Crippen molar-refractivity contribution < 1.29 is 0 Å². The van der Waals surface area contributed by atoms with Crippen LogP contribution in [0.1, 0.15) is 20.8 Å². The summed E-state index contributed by atoms with van der Waals surface area (Å²) in [6.45, 7) is 9.61. The quantitative estimate of drug-likeness (QED) is 0.660. The van der Waals surface area contributed by atoms with Gasteiger partial charge in [-0.1, -0.05) is 20.8 Å². The van der Waals surface area contributed by atoms with Gasteiger partial charge < -0.3 is 21.7 Å². The molecule has 1 saturated heterocycles. The molecule has 2 heterocycles. The number of nitrogens with one attached hydrogen (secondary N) is 3. The van der Waals surface area contributed by atoms with Crippen LogP contribution in [-0.2, 0) is 0 Å². The highest BCUT2D eigenvalue weighted by Gasteiger charge is 2.53. The van der Waals surface area contributed by atoms with Crippen LogP contribution in [0.3, 0.4) is 0 Å². The first-order valence-electron chi connectivity index (χ1n) is 7.28. The van der Waals surface area contributed by atoms with E-state index in [4.69, 9.17) is 5.73 Å². The van der Waals surface area contributed by atoms with E-state index in [1.54, 1.807) is 0 Å². The molecular formula is C14H24N6. The second kappa shape index (κ2) is 4.77. The Labute approximate surface area is 119 Å². The van der Waals surface area contributed by atoms with Gasteiger partial charge in [-0.2, -0.15) is 9.97 Å². The van der Waals surface area contributed by atoms with Crippen LogP contribution in [0.15, 0.2) is 6.07 Å². The van der Waals surface area contributed by atoms with Crippen molar-refractivity contribution in [2.24, 2.45) is 17.3 Å². The number of nitrogens with zero attached hydrogens (tertiary/aromatic N) is 2. The van der Waals surface area contributed by atoms with Gasteiger partial charge in [-0.3, -0.25) is 0 Å². The molecule has 3 atom stereocenters. The summed E-state index contributed by atoms with van der Waals surface area (Å²) in [7, 11) is 0. The molecule has 0 aromatic carbocycles. The number of nitrogen functional groups attached to an aromatic ring is 1. The van der Waals surface area contributed by atoms with E-state index in [0.29, 0.717) is 12.0 Å². The van der Waals surface area contributed by atoms with Crippen molar-refractivity contribution in [1.82, 2.24) is 15.3 Å². The summed E-state index contributed by atoms with van der Waals surface area (Å²) >= 11 is 0. The minimum Gasteiger partial charge on any atom is -0.369 e. The summed E-state index contributed by atoms with van der Waals surface area (Å²) in [6.07, 6.45) is 0. The van der Waals surface area contributed by atoms with Gasteiger partial charge in [0, 0.05) is 31.7 Å². The first-order valence-corrected chi connectivity index (χ1v) is 7.28. The molecule has 2 aliphatic rings. The molecule has 6 heteroatoms. The van der Waals surface area contributed by atoms with Gasteiger partial charge in [0.05, 0.1) is 0 Å². The zero-order valence-corrected chi connectivity index (χ0v) is 12.4. The van der Waals surface area contributed by atoms with Crippen molar-refractivity contribution in [2.45, 2.75) is 26.8 Å². The van der Waals surface area contributed by atoms with Crippen molar-refractivity contribution in [3.8, 4) is 0 Å². The summed E-state index contributed by atoms with van der Waals surface area (Å²) in [5, 5.41) is 10.2. The van der Waals surface area contributed by atoms with Crippen LogP contribution in [0, 0.1) is 17.3 Å². The summed E-state index contributed by atoms with van der Waals surface area (Å²) in [5.74, 6) is 3.43. The van der Waals surface area contributed by atoms with Crippen LogP contribution >= 0.6 is 0 Å². The lowest BCUT2D eigenvalue weighted by Crippen LogP contribution is -2.22. The molecule has 1 unspecified atom stereocenters.